The molecule has 3 aromatic heterocycles. The molecule has 1 aliphatic rings. The Balaban J connectivity index is 1.57. The van der Waals surface area contributed by atoms with Gasteiger partial charge in [0, 0.05) is 43.2 Å². The first-order valence-corrected chi connectivity index (χ1v) is 12.9. The van der Waals surface area contributed by atoms with Gasteiger partial charge in [0.05, 0.1) is 18.4 Å². The van der Waals surface area contributed by atoms with Gasteiger partial charge >= 0.3 is 0 Å². The second kappa shape index (κ2) is 10.9. The van der Waals surface area contributed by atoms with Gasteiger partial charge in [0.1, 0.15) is 10.5 Å². The first kappa shape index (κ1) is 24.1. The first-order valence-electron chi connectivity index (χ1n) is 12.0. The fraction of sp³-hybridized carbons (Fsp3) is 0.542. The van der Waals surface area contributed by atoms with Crippen LogP contribution in [0.3, 0.4) is 0 Å². The Bertz CT molecular complexity index is 1130. The second-order valence-electron chi connectivity index (χ2n) is 8.61. The lowest BCUT2D eigenvalue weighted by Gasteiger charge is -2.32. The van der Waals surface area contributed by atoms with E-state index in [4.69, 9.17) is 4.74 Å². The number of aromatic nitrogens is 4. The fourth-order valence-corrected chi connectivity index (χ4v) is 4.85. The normalized spacial score (nSPS) is 14.6. The fourth-order valence-electron chi connectivity index (χ4n) is 4.06. The lowest BCUT2D eigenvalue weighted by Crippen LogP contribution is -2.46. The summed E-state index contributed by atoms with van der Waals surface area (Å²) in [7, 11) is 0. The molecule has 1 saturated heterocycles. The summed E-state index contributed by atoms with van der Waals surface area (Å²) in [6.07, 6.45) is 7.56. The Hall–Kier alpha value is -3.01. The van der Waals surface area contributed by atoms with Crippen molar-refractivity contribution in [3.63, 3.8) is 0 Å². The van der Waals surface area contributed by atoms with E-state index in [1.54, 1.807) is 33.0 Å². The van der Waals surface area contributed by atoms with Crippen LogP contribution < -0.4 is 10.1 Å². The van der Waals surface area contributed by atoms with Crippen LogP contribution in [0.2, 0.25) is 0 Å². The molecule has 0 aliphatic carbocycles. The highest BCUT2D eigenvalue weighted by Crippen LogP contribution is 2.28. The number of piperidine rings is 1. The van der Waals surface area contributed by atoms with Crippen LogP contribution in [0.5, 0.6) is 5.88 Å². The number of nitrogens with zero attached hydrogens (tertiary/aromatic N) is 5. The van der Waals surface area contributed by atoms with E-state index in [9.17, 15) is 9.59 Å². The van der Waals surface area contributed by atoms with Crippen LogP contribution in [-0.4, -0.2) is 62.0 Å². The second-order valence-corrected chi connectivity index (χ2v) is 9.50. The topological polar surface area (TPSA) is 102 Å². The Morgan fingerprint density at radius 2 is 1.97 bits per heavy atom. The van der Waals surface area contributed by atoms with Crippen molar-refractivity contribution in [3.8, 4) is 17.3 Å². The van der Waals surface area contributed by atoms with Gasteiger partial charge in [-0.15, -0.1) is 11.3 Å². The summed E-state index contributed by atoms with van der Waals surface area (Å²) in [5.41, 5.74) is 1.09. The highest BCUT2D eigenvalue weighted by Gasteiger charge is 2.26. The highest BCUT2D eigenvalue weighted by atomic mass is 32.1. The number of hydrogen-bond acceptors (Lipinski definition) is 7. The Morgan fingerprint density at radius 3 is 2.68 bits per heavy atom. The van der Waals surface area contributed by atoms with Crippen molar-refractivity contribution >= 4 is 28.0 Å². The molecule has 1 aliphatic heterocycles. The molecule has 1 N–H and O–H groups in total. The molecule has 182 valence electrons. The quantitative estimate of drug-likeness (QED) is 0.496. The van der Waals surface area contributed by atoms with Crippen LogP contribution in [0.4, 0.5) is 0 Å². The van der Waals surface area contributed by atoms with Crippen molar-refractivity contribution in [2.24, 2.45) is 5.92 Å². The zero-order chi connectivity index (χ0) is 24.1. The van der Waals surface area contributed by atoms with Crippen LogP contribution in [-0.2, 0) is 4.79 Å². The van der Waals surface area contributed by atoms with Gasteiger partial charge in [0.15, 0.2) is 5.82 Å². The highest BCUT2D eigenvalue weighted by molar-refractivity contribution is 7.16. The van der Waals surface area contributed by atoms with E-state index in [2.05, 4.69) is 34.2 Å². The molecule has 0 aromatic carbocycles. The SMILES string of the molecule is CCC(=O)NC1CCN(C(=O)c2cc(OCC(CC)CC)nc(-c3cnn4ccsc34)n2)CC1. The third-order valence-corrected chi connectivity index (χ3v) is 7.27. The molecule has 3 aromatic rings. The third kappa shape index (κ3) is 5.38. The number of carbonyl (C=O) groups excluding carboxylic acids is 2. The number of nitrogens with one attached hydrogen (secondary N) is 1. The van der Waals surface area contributed by atoms with Crippen LogP contribution in [0.1, 0.15) is 63.4 Å². The largest absolute Gasteiger partial charge is 0.477 e. The minimum atomic E-state index is -0.147. The number of fused-ring (bicyclic) bond motifs is 1. The predicted octanol–water partition coefficient (Wildman–Crippen LogP) is 3.80. The van der Waals surface area contributed by atoms with Gasteiger partial charge in [-0.05, 0) is 18.8 Å². The van der Waals surface area contributed by atoms with E-state index in [0.29, 0.717) is 49.4 Å². The van der Waals surface area contributed by atoms with E-state index in [0.717, 1.165) is 36.1 Å². The minimum absolute atomic E-state index is 0.0468. The number of amides is 2. The van der Waals surface area contributed by atoms with Crippen LogP contribution in [0.25, 0.3) is 16.2 Å². The average molecular weight is 485 g/mol. The van der Waals surface area contributed by atoms with Crippen molar-refractivity contribution in [2.75, 3.05) is 19.7 Å². The maximum Gasteiger partial charge on any atom is 0.272 e. The molecule has 4 rings (SSSR count). The van der Waals surface area contributed by atoms with E-state index >= 15 is 0 Å². The van der Waals surface area contributed by atoms with Gasteiger partial charge < -0.3 is 15.0 Å². The zero-order valence-corrected chi connectivity index (χ0v) is 20.8. The summed E-state index contributed by atoms with van der Waals surface area (Å²) in [5, 5.41) is 9.34. The predicted molar refractivity (Wildman–Crippen MR) is 131 cm³/mol. The van der Waals surface area contributed by atoms with Crippen molar-refractivity contribution in [3.05, 3.63) is 29.5 Å². The van der Waals surface area contributed by atoms with Gasteiger partial charge in [-0.2, -0.15) is 10.1 Å². The smallest absolute Gasteiger partial charge is 0.272 e. The number of thiazole rings is 1. The van der Waals surface area contributed by atoms with Gasteiger partial charge in [-0.3, -0.25) is 9.59 Å². The molecule has 0 atom stereocenters. The van der Waals surface area contributed by atoms with Gasteiger partial charge in [-0.25, -0.2) is 9.50 Å². The maximum absolute atomic E-state index is 13.4. The maximum atomic E-state index is 13.4. The summed E-state index contributed by atoms with van der Waals surface area (Å²) in [6, 6.07) is 1.75. The summed E-state index contributed by atoms with van der Waals surface area (Å²) in [6.45, 7) is 7.81. The van der Waals surface area contributed by atoms with Crippen LogP contribution in [0, 0.1) is 5.92 Å². The molecule has 0 radical (unpaired) electrons. The average Bonchev–Trinajstić information content (AvgIpc) is 3.49. The minimum Gasteiger partial charge on any atom is -0.477 e. The number of hydrogen-bond donors (Lipinski definition) is 1. The van der Waals surface area contributed by atoms with E-state index < -0.39 is 0 Å². The monoisotopic (exact) mass is 484 g/mol. The lowest BCUT2D eigenvalue weighted by molar-refractivity contribution is -0.121. The zero-order valence-electron chi connectivity index (χ0n) is 20.0. The van der Waals surface area contributed by atoms with Crippen LogP contribution >= 0.6 is 11.3 Å². The standard InChI is InChI=1S/C24H32N6O3S/c1-4-16(5-2)15-33-21-13-19(23(32)29-9-7-17(8-10-29)26-20(31)6-3)27-22(28-21)18-14-25-30-11-12-34-24(18)30/h11-14,16-17H,4-10,15H2,1-3H3,(H,26,31). The number of rotatable bonds is 9. The van der Waals surface area contributed by atoms with E-state index in [-0.39, 0.29) is 17.9 Å². The molecule has 0 spiro atoms. The molecule has 2 amide bonds. The molecule has 0 unspecified atom stereocenters. The Morgan fingerprint density at radius 1 is 1.21 bits per heavy atom. The Kier molecular flexibility index (Phi) is 7.77. The Labute approximate surface area is 203 Å². The van der Waals surface area contributed by atoms with E-state index in [1.807, 2.05) is 18.5 Å². The summed E-state index contributed by atoms with van der Waals surface area (Å²) in [5.74, 6) is 1.17. The van der Waals surface area contributed by atoms with Crippen molar-refractivity contribution in [2.45, 2.75) is 58.9 Å². The summed E-state index contributed by atoms with van der Waals surface area (Å²) >= 11 is 1.55. The summed E-state index contributed by atoms with van der Waals surface area (Å²) in [4.78, 5) is 37.1. The molecule has 0 saturated carbocycles. The molecule has 9 nitrogen and oxygen atoms in total. The number of likely N-dealkylation sites (tertiary alicyclic amines) is 1. The summed E-state index contributed by atoms with van der Waals surface area (Å²) < 4.78 is 7.82. The number of ether oxygens (including phenoxy) is 1. The van der Waals surface area contributed by atoms with Crippen molar-refractivity contribution in [1.29, 1.82) is 0 Å². The molecular formula is C24H32N6O3S. The lowest BCUT2D eigenvalue weighted by atomic mass is 10.0. The van der Waals surface area contributed by atoms with Crippen molar-refractivity contribution < 1.29 is 14.3 Å². The van der Waals surface area contributed by atoms with Crippen molar-refractivity contribution in [1.82, 2.24) is 29.8 Å². The first-order chi connectivity index (χ1) is 16.5. The molecule has 0 bridgehead atoms. The van der Waals surface area contributed by atoms with E-state index in [1.165, 1.54) is 0 Å². The van der Waals surface area contributed by atoms with Gasteiger partial charge in [0.2, 0.25) is 11.8 Å². The molecule has 34 heavy (non-hydrogen) atoms. The molecular weight excluding hydrogens is 452 g/mol. The number of carbonyl (C=O) groups is 2. The van der Waals surface area contributed by atoms with Gasteiger partial charge in [-0.1, -0.05) is 33.6 Å². The molecule has 10 heteroatoms. The van der Waals surface area contributed by atoms with Crippen LogP contribution in [0.15, 0.2) is 23.8 Å². The molecule has 1 fully saturated rings. The van der Waals surface area contributed by atoms with Gasteiger partial charge in [0.25, 0.3) is 5.91 Å². The third-order valence-electron chi connectivity index (χ3n) is 6.38. The molecule has 4 heterocycles.